The van der Waals surface area contributed by atoms with Gasteiger partial charge in [-0.15, -0.1) is 0 Å². The molecule has 0 aromatic heterocycles. The molecule has 1 saturated heterocycles. The molecular weight excluding hydrogens is 334 g/mol. The molecule has 2 fully saturated rings. The first-order valence-electron chi connectivity index (χ1n) is 9.81. The van der Waals surface area contributed by atoms with Gasteiger partial charge < -0.3 is 15.1 Å². The maximum Gasteiger partial charge on any atom is 0.275 e. The Kier molecular flexibility index (Phi) is 6.74. The molecule has 2 atom stereocenters. The fraction of sp³-hybridized carbons (Fsp3) is 0.650. The van der Waals surface area contributed by atoms with Crippen LogP contribution in [-0.4, -0.2) is 44.7 Å². The molecule has 3 N–H and O–H groups in total. The van der Waals surface area contributed by atoms with Crippen molar-refractivity contribution in [2.24, 2.45) is 5.92 Å². The van der Waals surface area contributed by atoms with Gasteiger partial charge in [-0.1, -0.05) is 43.5 Å². The highest BCUT2D eigenvalue weighted by Gasteiger charge is 2.27. The van der Waals surface area contributed by atoms with Gasteiger partial charge in [-0.3, -0.25) is 4.79 Å². The van der Waals surface area contributed by atoms with Crippen molar-refractivity contribution >= 4 is 17.5 Å². The normalized spacial score (nSPS) is 30.0. The quantitative estimate of drug-likeness (QED) is 0.690. The number of piperazine rings is 1. The molecule has 138 valence electrons. The molecule has 0 bridgehead atoms. The van der Waals surface area contributed by atoms with Crippen molar-refractivity contribution in [2.45, 2.75) is 45.2 Å². The molecular formula is C20H32ClN3O+2. The third-order valence-corrected chi connectivity index (χ3v) is 6.11. The molecule has 0 unspecified atom stereocenters. The van der Waals surface area contributed by atoms with Crippen LogP contribution in [0.2, 0.25) is 5.02 Å². The largest absolute Gasteiger partial charge is 0.348 e. The highest BCUT2D eigenvalue weighted by molar-refractivity contribution is 6.30. The summed E-state index contributed by atoms with van der Waals surface area (Å²) in [4.78, 5) is 15.4. The van der Waals surface area contributed by atoms with Crippen molar-refractivity contribution in [1.29, 1.82) is 0 Å². The second kappa shape index (κ2) is 9.02. The van der Waals surface area contributed by atoms with Crippen LogP contribution in [0.15, 0.2) is 24.3 Å². The minimum atomic E-state index is 0.243. The molecule has 1 aliphatic heterocycles. The zero-order chi connectivity index (χ0) is 17.6. The van der Waals surface area contributed by atoms with Crippen LogP contribution in [0.5, 0.6) is 0 Å². The molecule has 0 spiro atoms. The van der Waals surface area contributed by atoms with E-state index in [4.69, 9.17) is 11.6 Å². The van der Waals surface area contributed by atoms with Crippen molar-refractivity contribution in [3.8, 4) is 0 Å². The standard InChI is InChI=1S/C20H30ClN3O/c1-16-5-2-3-8-19(16)22-20(25)15-24-11-9-23(10-12-24)14-17-6-4-7-18(21)13-17/h4,6-7,13,16,19H,2-3,5,8-12,14-15H2,1H3,(H,22,25)/p+2/t16-,19-/m1/s1. The van der Waals surface area contributed by atoms with E-state index in [2.05, 4.69) is 24.4 Å². The molecule has 1 heterocycles. The fourth-order valence-electron chi connectivity index (χ4n) is 4.26. The number of nitrogens with one attached hydrogen (secondary N) is 3. The van der Waals surface area contributed by atoms with Crippen LogP contribution in [0.3, 0.4) is 0 Å². The Morgan fingerprint density at radius 3 is 2.60 bits per heavy atom. The van der Waals surface area contributed by atoms with Gasteiger partial charge in [-0.25, -0.2) is 0 Å². The number of hydrogen-bond donors (Lipinski definition) is 3. The van der Waals surface area contributed by atoms with E-state index in [0.717, 1.165) is 44.2 Å². The molecule has 1 saturated carbocycles. The van der Waals surface area contributed by atoms with Crippen LogP contribution in [0, 0.1) is 5.92 Å². The summed E-state index contributed by atoms with van der Waals surface area (Å²) in [5.41, 5.74) is 1.30. The van der Waals surface area contributed by atoms with Crippen LogP contribution >= 0.6 is 11.6 Å². The van der Waals surface area contributed by atoms with E-state index in [1.165, 1.54) is 29.7 Å². The SMILES string of the molecule is C[C@@H]1CCCC[C@H]1NC(=O)C[NH+]1CC[NH+](Cc2cccc(Cl)c2)CC1. The van der Waals surface area contributed by atoms with Crippen molar-refractivity contribution < 1.29 is 14.6 Å². The van der Waals surface area contributed by atoms with Gasteiger partial charge in [0.15, 0.2) is 6.54 Å². The topological polar surface area (TPSA) is 38.0 Å². The molecule has 1 aromatic rings. The van der Waals surface area contributed by atoms with Crippen molar-refractivity contribution in [2.75, 3.05) is 32.7 Å². The second-order valence-corrected chi connectivity index (χ2v) is 8.36. The smallest absolute Gasteiger partial charge is 0.275 e. The van der Waals surface area contributed by atoms with Gasteiger partial charge in [0.2, 0.25) is 0 Å². The lowest BCUT2D eigenvalue weighted by Crippen LogP contribution is -3.28. The zero-order valence-electron chi connectivity index (χ0n) is 15.3. The third kappa shape index (κ3) is 5.70. The summed E-state index contributed by atoms with van der Waals surface area (Å²) in [5, 5.41) is 4.11. The van der Waals surface area contributed by atoms with Crippen molar-refractivity contribution in [3.05, 3.63) is 34.9 Å². The highest BCUT2D eigenvalue weighted by atomic mass is 35.5. The van der Waals surface area contributed by atoms with E-state index < -0.39 is 0 Å². The average molecular weight is 366 g/mol. The highest BCUT2D eigenvalue weighted by Crippen LogP contribution is 2.23. The maximum atomic E-state index is 12.4. The van der Waals surface area contributed by atoms with Gasteiger partial charge in [0.1, 0.15) is 32.7 Å². The number of benzene rings is 1. The lowest BCUT2D eigenvalue weighted by atomic mass is 9.86. The lowest BCUT2D eigenvalue weighted by molar-refractivity contribution is -1.02. The predicted molar refractivity (Wildman–Crippen MR) is 101 cm³/mol. The molecule has 1 aromatic carbocycles. The Labute approximate surface area is 156 Å². The molecule has 5 heteroatoms. The minimum absolute atomic E-state index is 0.243. The van der Waals surface area contributed by atoms with E-state index in [9.17, 15) is 4.79 Å². The van der Waals surface area contributed by atoms with Gasteiger partial charge in [0, 0.05) is 16.6 Å². The van der Waals surface area contributed by atoms with Crippen LogP contribution in [0.4, 0.5) is 0 Å². The minimum Gasteiger partial charge on any atom is -0.348 e. The lowest BCUT2D eigenvalue weighted by Gasteiger charge is -2.32. The van der Waals surface area contributed by atoms with Gasteiger partial charge in [0.05, 0.1) is 0 Å². The molecule has 25 heavy (non-hydrogen) atoms. The van der Waals surface area contributed by atoms with Gasteiger partial charge in [0.25, 0.3) is 5.91 Å². The van der Waals surface area contributed by atoms with Crippen LogP contribution in [0.1, 0.15) is 38.2 Å². The monoisotopic (exact) mass is 365 g/mol. The van der Waals surface area contributed by atoms with Crippen molar-refractivity contribution in [1.82, 2.24) is 5.32 Å². The summed E-state index contributed by atoms with van der Waals surface area (Å²) in [6.45, 7) is 8.32. The molecule has 2 aliphatic rings. The second-order valence-electron chi connectivity index (χ2n) is 7.92. The number of hydrogen-bond acceptors (Lipinski definition) is 1. The van der Waals surface area contributed by atoms with Gasteiger partial charge in [-0.2, -0.15) is 0 Å². The first kappa shape index (κ1) is 18.7. The van der Waals surface area contributed by atoms with E-state index in [-0.39, 0.29) is 5.91 Å². The Bertz CT molecular complexity index is 572. The molecule has 0 radical (unpaired) electrons. The van der Waals surface area contributed by atoms with Gasteiger partial charge in [-0.05, 0) is 30.9 Å². The average Bonchev–Trinajstić information content (AvgIpc) is 2.59. The van der Waals surface area contributed by atoms with E-state index in [1.807, 2.05) is 12.1 Å². The molecule has 4 nitrogen and oxygen atoms in total. The Morgan fingerprint density at radius 2 is 1.88 bits per heavy atom. The number of carbonyl (C=O) groups excluding carboxylic acids is 1. The number of rotatable bonds is 5. The Balaban J connectivity index is 1.39. The third-order valence-electron chi connectivity index (χ3n) is 5.88. The first-order chi connectivity index (χ1) is 12.1. The van der Waals surface area contributed by atoms with Crippen molar-refractivity contribution in [3.63, 3.8) is 0 Å². The maximum absolute atomic E-state index is 12.4. The van der Waals surface area contributed by atoms with E-state index in [1.54, 1.807) is 4.90 Å². The number of amides is 1. The zero-order valence-corrected chi connectivity index (χ0v) is 16.1. The summed E-state index contributed by atoms with van der Waals surface area (Å²) in [5.74, 6) is 0.874. The Morgan fingerprint density at radius 1 is 1.16 bits per heavy atom. The van der Waals surface area contributed by atoms with E-state index in [0.29, 0.717) is 18.5 Å². The first-order valence-corrected chi connectivity index (χ1v) is 10.2. The molecule has 3 rings (SSSR count). The molecule has 1 aliphatic carbocycles. The van der Waals surface area contributed by atoms with Crippen LogP contribution in [0.25, 0.3) is 0 Å². The van der Waals surface area contributed by atoms with E-state index >= 15 is 0 Å². The number of quaternary nitrogens is 2. The molecule has 1 amide bonds. The summed E-state index contributed by atoms with van der Waals surface area (Å²) >= 11 is 6.08. The number of halogens is 1. The summed E-state index contributed by atoms with van der Waals surface area (Å²) in [6.07, 6.45) is 4.98. The summed E-state index contributed by atoms with van der Waals surface area (Å²) in [7, 11) is 0. The Hall–Kier alpha value is -1.10. The summed E-state index contributed by atoms with van der Waals surface area (Å²) < 4.78 is 0. The van der Waals surface area contributed by atoms with Crippen LogP contribution in [-0.2, 0) is 11.3 Å². The fourth-order valence-corrected chi connectivity index (χ4v) is 4.47. The summed E-state index contributed by atoms with van der Waals surface area (Å²) in [6, 6.07) is 8.56. The van der Waals surface area contributed by atoms with Gasteiger partial charge >= 0.3 is 0 Å². The number of carbonyl (C=O) groups is 1. The predicted octanol–water partition coefficient (Wildman–Crippen LogP) is 0.318. The van der Waals surface area contributed by atoms with Crippen LogP contribution < -0.4 is 15.1 Å².